The van der Waals surface area contributed by atoms with Crippen molar-refractivity contribution < 1.29 is 19.0 Å². The molecule has 2 aromatic rings. The van der Waals surface area contributed by atoms with Crippen LogP contribution in [0.15, 0.2) is 23.6 Å². The molecule has 1 fully saturated rings. The zero-order chi connectivity index (χ0) is 16.9. The van der Waals surface area contributed by atoms with Gasteiger partial charge in [0.2, 0.25) is 0 Å². The first kappa shape index (κ1) is 16.7. The van der Waals surface area contributed by atoms with Gasteiger partial charge in [-0.25, -0.2) is 4.98 Å². The highest BCUT2D eigenvalue weighted by atomic mass is 32.1. The lowest BCUT2D eigenvalue weighted by atomic mass is 10.1. The first-order valence-corrected chi connectivity index (χ1v) is 8.63. The number of carbonyl (C=O) groups is 1. The fourth-order valence-corrected chi connectivity index (χ4v) is 3.35. The Bertz CT molecular complexity index is 710. The predicted octanol–water partition coefficient (Wildman–Crippen LogP) is 2.59. The van der Waals surface area contributed by atoms with E-state index in [1.54, 1.807) is 19.6 Å². The number of ether oxygens (including phenoxy) is 3. The second kappa shape index (κ2) is 7.63. The van der Waals surface area contributed by atoms with Gasteiger partial charge >= 0.3 is 0 Å². The van der Waals surface area contributed by atoms with E-state index in [0.717, 1.165) is 23.6 Å². The van der Waals surface area contributed by atoms with Gasteiger partial charge in [0.05, 0.1) is 20.8 Å². The summed E-state index contributed by atoms with van der Waals surface area (Å²) in [6, 6.07) is 5.59. The maximum absolute atomic E-state index is 12.2. The summed E-state index contributed by atoms with van der Waals surface area (Å²) >= 11 is 1.43. The minimum Gasteiger partial charge on any atom is -0.493 e. The van der Waals surface area contributed by atoms with Gasteiger partial charge in [0.1, 0.15) is 10.7 Å². The molecule has 1 aromatic carbocycles. The van der Waals surface area contributed by atoms with Gasteiger partial charge in [0.25, 0.3) is 5.91 Å². The zero-order valence-corrected chi connectivity index (χ0v) is 14.5. The number of methoxy groups -OCH3 is 2. The second-order valence-electron chi connectivity index (χ2n) is 5.55. The van der Waals surface area contributed by atoms with E-state index in [0.29, 0.717) is 36.3 Å². The summed E-state index contributed by atoms with van der Waals surface area (Å²) in [6.07, 6.45) is 0.994. The number of nitrogens with one attached hydrogen (secondary N) is 1. The van der Waals surface area contributed by atoms with Crippen LogP contribution in [0.25, 0.3) is 10.6 Å². The van der Waals surface area contributed by atoms with Crippen LogP contribution in [0.1, 0.15) is 16.9 Å². The summed E-state index contributed by atoms with van der Waals surface area (Å²) < 4.78 is 15.9. The minimum absolute atomic E-state index is 0.148. The van der Waals surface area contributed by atoms with Crippen LogP contribution in [0, 0.1) is 5.92 Å². The highest BCUT2D eigenvalue weighted by molar-refractivity contribution is 7.13. The van der Waals surface area contributed by atoms with Gasteiger partial charge in [0, 0.05) is 30.0 Å². The molecule has 1 atom stereocenters. The first-order chi connectivity index (χ1) is 11.7. The highest BCUT2D eigenvalue weighted by Gasteiger charge is 2.18. The quantitative estimate of drug-likeness (QED) is 0.869. The SMILES string of the molecule is COc1ccc(-c2nc(C(=O)NCC3CCOC3)cs2)cc1OC. The lowest BCUT2D eigenvalue weighted by molar-refractivity contribution is 0.0941. The van der Waals surface area contributed by atoms with E-state index in [9.17, 15) is 4.79 Å². The molecule has 1 saturated heterocycles. The number of amides is 1. The van der Waals surface area contributed by atoms with E-state index in [1.807, 2.05) is 18.2 Å². The van der Waals surface area contributed by atoms with Crippen molar-refractivity contribution in [1.82, 2.24) is 10.3 Å². The fraction of sp³-hybridized carbons (Fsp3) is 0.412. The molecule has 1 aromatic heterocycles. The number of thiazole rings is 1. The predicted molar refractivity (Wildman–Crippen MR) is 91.9 cm³/mol. The molecule has 7 heteroatoms. The van der Waals surface area contributed by atoms with Crippen molar-refractivity contribution in [2.24, 2.45) is 5.92 Å². The minimum atomic E-state index is -0.148. The third kappa shape index (κ3) is 3.68. The lowest BCUT2D eigenvalue weighted by Crippen LogP contribution is -2.29. The fourth-order valence-electron chi connectivity index (χ4n) is 2.55. The number of hydrogen-bond donors (Lipinski definition) is 1. The standard InChI is InChI=1S/C17H20N2O4S/c1-21-14-4-3-12(7-15(14)22-2)17-19-13(10-24-17)16(20)18-8-11-5-6-23-9-11/h3-4,7,10-11H,5-6,8-9H2,1-2H3,(H,18,20). The monoisotopic (exact) mass is 348 g/mol. The van der Waals surface area contributed by atoms with E-state index in [2.05, 4.69) is 10.3 Å². The molecular weight excluding hydrogens is 328 g/mol. The summed E-state index contributed by atoms with van der Waals surface area (Å²) in [7, 11) is 3.19. The van der Waals surface area contributed by atoms with Gasteiger partial charge in [-0.15, -0.1) is 11.3 Å². The molecule has 1 aliphatic heterocycles. The van der Waals surface area contributed by atoms with Crippen molar-refractivity contribution in [3.63, 3.8) is 0 Å². The van der Waals surface area contributed by atoms with Crippen molar-refractivity contribution in [2.45, 2.75) is 6.42 Å². The van der Waals surface area contributed by atoms with E-state index in [4.69, 9.17) is 14.2 Å². The first-order valence-electron chi connectivity index (χ1n) is 7.75. The molecule has 0 aliphatic carbocycles. The number of rotatable bonds is 6. The Morgan fingerprint density at radius 2 is 2.21 bits per heavy atom. The topological polar surface area (TPSA) is 69.7 Å². The van der Waals surface area contributed by atoms with Crippen LogP contribution in [0.3, 0.4) is 0 Å². The van der Waals surface area contributed by atoms with Crippen molar-refractivity contribution >= 4 is 17.2 Å². The van der Waals surface area contributed by atoms with E-state index in [1.165, 1.54) is 11.3 Å². The number of hydrogen-bond acceptors (Lipinski definition) is 6. The normalized spacial score (nSPS) is 16.8. The van der Waals surface area contributed by atoms with Crippen LogP contribution in [-0.4, -0.2) is 44.9 Å². The molecule has 6 nitrogen and oxygen atoms in total. The van der Waals surface area contributed by atoms with Crippen LogP contribution < -0.4 is 14.8 Å². The van der Waals surface area contributed by atoms with Gasteiger partial charge in [-0.05, 0) is 24.6 Å². The van der Waals surface area contributed by atoms with Crippen LogP contribution in [0.5, 0.6) is 11.5 Å². The van der Waals surface area contributed by atoms with E-state index >= 15 is 0 Å². The molecule has 1 unspecified atom stereocenters. The maximum atomic E-state index is 12.2. The Morgan fingerprint density at radius 1 is 1.38 bits per heavy atom. The average molecular weight is 348 g/mol. The average Bonchev–Trinajstić information content (AvgIpc) is 3.30. The molecule has 24 heavy (non-hydrogen) atoms. The summed E-state index contributed by atoms with van der Waals surface area (Å²) in [5.41, 5.74) is 1.32. The number of carbonyl (C=O) groups excluding carboxylic acids is 1. The van der Waals surface area contributed by atoms with Gasteiger partial charge in [-0.3, -0.25) is 4.79 Å². The van der Waals surface area contributed by atoms with Crippen LogP contribution in [-0.2, 0) is 4.74 Å². The molecule has 0 spiro atoms. The Hall–Kier alpha value is -2.12. The Labute approximate surface area is 144 Å². The summed E-state index contributed by atoms with van der Waals surface area (Å²) in [5.74, 6) is 1.55. The van der Waals surface area contributed by atoms with Crippen molar-refractivity contribution in [3.05, 3.63) is 29.3 Å². The number of benzene rings is 1. The Morgan fingerprint density at radius 3 is 2.92 bits per heavy atom. The van der Waals surface area contributed by atoms with E-state index < -0.39 is 0 Å². The smallest absolute Gasteiger partial charge is 0.270 e. The molecule has 1 N–H and O–H groups in total. The van der Waals surface area contributed by atoms with Crippen molar-refractivity contribution in [3.8, 4) is 22.1 Å². The summed E-state index contributed by atoms with van der Waals surface area (Å²) in [4.78, 5) is 16.7. The molecule has 0 radical (unpaired) electrons. The Kier molecular flexibility index (Phi) is 5.32. The molecule has 1 aliphatic rings. The molecule has 1 amide bonds. The summed E-state index contributed by atoms with van der Waals surface area (Å²) in [5, 5.41) is 5.47. The second-order valence-corrected chi connectivity index (χ2v) is 6.41. The van der Waals surface area contributed by atoms with Gasteiger partial charge in [-0.1, -0.05) is 0 Å². The van der Waals surface area contributed by atoms with Crippen molar-refractivity contribution in [1.29, 1.82) is 0 Å². The molecule has 2 heterocycles. The Balaban J connectivity index is 1.69. The highest BCUT2D eigenvalue weighted by Crippen LogP contribution is 2.33. The third-order valence-corrected chi connectivity index (χ3v) is 4.83. The van der Waals surface area contributed by atoms with E-state index in [-0.39, 0.29) is 5.91 Å². The molecular formula is C17H20N2O4S. The van der Waals surface area contributed by atoms with Gasteiger partial charge in [-0.2, -0.15) is 0 Å². The molecule has 3 rings (SSSR count). The van der Waals surface area contributed by atoms with Crippen molar-refractivity contribution in [2.75, 3.05) is 34.0 Å². The summed E-state index contributed by atoms with van der Waals surface area (Å²) in [6.45, 7) is 2.12. The molecule has 0 saturated carbocycles. The number of aromatic nitrogens is 1. The van der Waals surface area contributed by atoms with Crippen LogP contribution >= 0.6 is 11.3 Å². The van der Waals surface area contributed by atoms with Crippen LogP contribution in [0.2, 0.25) is 0 Å². The zero-order valence-electron chi connectivity index (χ0n) is 13.7. The van der Waals surface area contributed by atoms with Crippen LogP contribution in [0.4, 0.5) is 0 Å². The molecule has 128 valence electrons. The third-order valence-electron chi connectivity index (χ3n) is 3.94. The van der Waals surface area contributed by atoms with Gasteiger partial charge in [0.15, 0.2) is 11.5 Å². The largest absolute Gasteiger partial charge is 0.493 e. The van der Waals surface area contributed by atoms with Gasteiger partial charge < -0.3 is 19.5 Å². The maximum Gasteiger partial charge on any atom is 0.270 e. The lowest BCUT2D eigenvalue weighted by Gasteiger charge is -2.08. The number of nitrogens with zero attached hydrogens (tertiary/aromatic N) is 1. The molecule has 0 bridgehead atoms.